The van der Waals surface area contributed by atoms with E-state index in [0.717, 1.165) is 38.5 Å². The van der Waals surface area contributed by atoms with Gasteiger partial charge in [0.05, 0.1) is 25.4 Å². The molecule has 0 aromatic heterocycles. The van der Waals surface area contributed by atoms with Crippen LogP contribution in [0.1, 0.15) is 393 Å². The zero-order chi connectivity index (χ0) is 62.1. The minimum absolute atomic E-state index is 0.178. The molecule has 508 valence electrons. The van der Waals surface area contributed by atoms with Crippen molar-refractivity contribution in [1.29, 1.82) is 0 Å². The summed E-state index contributed by atoms with van der Waals surface area (Å²) in [5, 5.41) is 54.8. The highest BCUT2D eigenvalue weighted by Gasteiger charge is 2.44. The van der Waals surface area contributed by atoms with Gasteiger partial charge in [-0.05, 0) is 57.8 Å². The zero-order valence-electron chi connectivity index (χ0n) is 57.1. The fourth-order valence-electron chi connectivity index (χ4n) is 12.5. The summed E-state index contributed by atoms with van der Waals surface area (Å²) in [6.45, 7) is 3.82. The van der Waals surface area contributed by atoms with E-state index in [-0.39, 0.29) is 12.5 Å². The SMILES string of the molecule is CCCCCCCCCC/C=C\CCCCCCCCCCCCCCCCCCCCCCCCCCCCCC(=O)NC(COC1OC(CO)C(O)C(O)C1O)C(O)/C=C/CC/C=C/CCCCCCCCCCCCCCCCCCCC. The number of allylic oxidation sites excluding steroid dienone is 5. The molecule has 1 amide bonds. The highest BCUT2D eigenvalue weighted by molar-refractivity contribution is 5.76. The number of amides is 1. The van der Waals surface area contributed by atoms with Crippen molar-refractivity contribution in [2.45, 2.75) is 436 Å². The first-order valence-electron chi connectivity index (χ1n) is 38.2. The predicted octanol–water partition coefficient (Wildman–Crippen LogP) is 21.4. The van der Waals surface area contributed by atoms with E-state index in [4.69, 9.17) is 9.47 Å². The third kappa shape index (κ3) is 54.2. The Morgan fingerprint density at radius 1 is 0.384 bits per heavy atom. The fraction of sp³-hybridized carbons (Fsp3) is 0.909. The van der Waals surface area contributed by atoms with Gasteiger partial charge >= 0.3 is 0 Å². The van der Waals surface area contributed by atoms with E-state index in [1.807, 2.05) is 6.08 Å². The summed E-state index contributed by atoms with van der Waals surface area (Å²) in [7, 11) is 0. The molecule has 1 saturated heterocycles. The number of unbranched alkanes of at least 4 members (excludes halogenated alkanes) is 54. The van der Waals surface area contributed by atoms with Crippen molar-refractivity contribution < 1.29 is 39.8 Å². The van der Waals surface area contributed by atoms with Gasteiger partial charge in [0, 0.05) is 6.42 Å². The van der Waals surface area contributed by atoms with Crippen LogP contribution in [0, 0.1) is 0 Å². The molecule has 1 rings (SSSR count). The van der Waals surface area contributed by atoms with Crippen LogP contribution in [-0.2, 0) is 14.3 Å². The van der Waals surface area contributed by atoms with Gasteiger partial charge in [0.1, 0.15) is 24.4 Å². The van der Waals surface area contributed by atoms with Gasteiger partial charge in [-0.2, -0.15) is 0 Å². The van der Waals surface area contributed by atoms with Crippen LogP contribution in [0.2, 0.25) is 0 Å². The van der Waals surface area contributed by atoms with E-state index >= 15 is 0 Å². The second-order valence-corrected chi connectivity index (χ2v) is 26.8. The molecular formula is C77H147NO8. The smallest absolute Gasteiger partial charge is 0.220 e. The summed E-state index contributed by atoms with van der Waals surface area (Å²) < 4.78 is 11.3. The minimum Gasteiger partial charge on any atom is -0.394 e. The van der Waals surface area contributed by atoms with Crippen LogP contribution in [0.3, 0.4) is 0 Å². The molecule has 0 spiro atoms. The van der Waals surface area contributed by atoms with Gasteiger partial charge in [0.25, 0.3) is 0 Å². The Labute approximate surface area is 533 Å². The molecule has 1 fully saturated rings. The van der Waals surface area contributed by atoms with E-state index < -0.39 is 49.5 Å². The molecule has 7 unspecified atom stereocenters. The Kier molecular flexibility index (Phi) is 63.6. The van der Waals surface area contributed by atoms with Gasteiger partial charge in [-0.1, -0.05) is 365 Å². The molecule has 9 nitrogen and oxygen atoms in total. The predicted molar refractivity (Wildman–Crippen MR) is 369 cm³/mol. The second-order valence-electron chi connectivity index (χ2n) is 26.8. The Bertz CT molecular complexity index is 1450. The van der Waals surface area contributed by atoms with Crippen LogP contribution in [0.25, 0.3) is 0 Å². The zero-order valence-corrected chi connectivity index (χ0v) is 57.1. The van der Waals surface area contributed by atoms with Gasteiger partial charge in [-0.25, -0.2) is 0 Å². The molecule has 1 heterocycles. The van der Waals surface area contributed by atoms with Crippen molar-refractivity contribution in [2.75, 3.05) is 13.2 Å². The number of aliphatic hydroxyl groups is 5. The van der Waals surface area contributed by atoms with Crippen LogP contribution < -0.4 is 5.32 Å². The van der Waals surface area contributed by atoms with E-state index in [9.17, 15) is 30.3 Å². The lowest BCUT2D eigenvalue weighted by Crippen LogP contribution is -2.60. The Hall–Kier alpha value is -1.59. The van der Waals surface area contributed by atoms with E-state index in [0.29, 0.717) is 6.42 Å². The maximum atomic E-state index is 13.1. The van der Waals surface area contributed by atoms with Crippen molar-refractivity contribution in [3.05, 3.63) is 36.5 Å². The monoisotopic (exact) mass is 1210 g/mol. The largest absolute Gasteiger partial charge is 0.394 e. The molecule has 6 N–H and O–H groups in total. The van der Waals surface area contributed by atoms with Crippen molar-refractivity contribution >= 4 is 5.91 Å². The summed E-state index contributed by atoms with van der Waals surface area (Å²) in [5.74, 6) is -0.178. The number of hydrogen-bond donors (Lipinski definition) is 6. The average molecular weight is 1220 g/mol. The molecule has 1 aliphatic heterocycles. The lowest BCUT2D eigenvalue weighted by Gasteiger charge is -2.40. The lowest BCUT2D eigenvalue weighted by atomic mass is 9.99. The van der Waals surface area contributed by atoms with Gasteiger partial charge in [0.2, 0.25) is 5.91 Å². The molecule has 0 aromatic carbocycles. The highest BCUT2D eigenvalue weighted by Crippen LogP contribution is 2.24. The standard InChI is InChI=1S/C77H147NO8/c1-3-5-7-9-11-13-15-17-19-21-23-25-27-29-30-31-32-33-34-35-36-37-38-39-40-41-42-43-45-47-49-51-53-55-57-59-61-63-65-67-73(81)78-70(69-85-77-76(84)75(83)74(82)72(68-79)86-77)71(80)66-64-62-60-58-56-54-52-50-48-46-44-28-26-24-22-20-18-16-14-12-10-8-6-4-2/h21,23,56,58,64,66,70-72,74-77,79-80,82-84H,3-20,22,24-55,57,59-63,65,67-69H2,1-2H3,(H,78,81)/b23-21-,58-56+,66-64+. The van der Waals surface area contributed by atoms with Crippen LogP contribution in [0.15, 0.2) is 36.5 Å². The Balaban J connectivity index is 2.06. The van der Waals surface area contributed by atoms with Crippen molar-refractivity contribution in [3.63, 3.8) is 0 Å². The highest BCUT2D eigenvalue weighted by atomic mass is 16.7. The summed E-state index contributed by atoms with van der Waals surface area (Å²) in [6, 6.07) is -0.821. The maximum absolute atomic E-state index is 13.1. The molecule has 86 heavy (non-hydrogen) atoms. The molecule has 7 atom stereocenters. The number of hydrogen-bond acceptors (Lipinski definition) is 8. The number of rotatable bonds is 68. The van der Waals surface area contributed by atoms with Crippen molar-refractivity contribution in [2.24, 2.45) is 0 Å². The fourth-order valence-corrected chi connectivity index (χ4v) is 12.5. The first-order chi connectivity index (χ1) is 42.3. The Morgan fingerprint density at radius 2 is 0.663 bits per heavy atom. The summed E-state index contributed by atoms with van der Waals surface area (Å²) in [6.07, 6.45) is 82.9. The van der Waals surface area contributed by atoms with Crippen LogP contribution in [0.4, 0.5) is 0 Å². The average Bonchev–Trinajstić information content (AvgIpc) is 3.55. The number of carbonyl (C=O) groups is 1. The second kappa shape index (κ2) is 66.3. The number of carbonyl (C=O) groups excluding carboxylic acids is 1. The summed E-state index contributed by atoms with van der Waals surface area (Å²) in [4.78, 5) is 13.1. The lowest BCUT2D eigenvalue weighted by molar-refractivity contribution is -0.302. The maximum Gasteiger partial charge on any atom is 0.220 e. The summed E-state index contributed by atoms with van der Waals surface area (Å²) >= 11 is 0. The molecule has 0 aliphatic carbocycles. The first kappa shape index (κ1) is 82.4. The molecule has 9 heteroatoms. The van der Waals surface area contributed by atoms with Crippen LogP contribution >= 0.6 is 0 Å². The quantitative estimate of drug-likeness (QED) is 0.0261. The normalized spacial score (nSPS) is 18.2. The molecule has 0 saturated carbocycles. The number of aliphatic hydroxyl groups excluding tert-OH is 5. The molecule has 0 aromatic rings. The topological polar surface area (TPSA) is 149 Å². The van der Waals surface area contributed by atoms with Gasteiger partial charge in [-0.15, -0.1) is 0 Å². The number of ether oxygens (including phenoxy) is 2. The van der Waals surface area contributed by atoms with Crippen molar-refractivity contribution in [3.8, 4) is 0 Å². The van der Waals surface area contributed by atoms with Crippen LogP contribution in [-0.4, -0.2) is 87.5 Å². The number of nitrogens with one attached hydrogen (secondary N) is 1. The van der Waals surface area contributed by atoms with E-state index in [2.05, 4.69) is 43.5 Å². The molecule has 0 radical (unpaired) electrons. The first-order valence-corrected chi connectivity index (χ1v) is 38.2. The van der Waals surface area contributed by atoms with Gasteiger partial charge in [0.15, 0.2) is 6.29 Å². The van der Waals surface area contributed by atoms with E-state index in [1.54, 1.807) is 6.08 Å². The van der Waals surface area contributed by atoms with Crippen molar-refractivity contribution in [1.82, 2.24) is 5.32 Å². The molecule has 1 aliphatic rings. The van der Waals surface area contributed by atoms with Crippen LogP contribution in [0.5, 0.6) is 0 Å². The van der Waals surface area contributed by atoms with Gasteiger partial charge < -0.3 is 40.3 Å². The molecule has 0 bridgehead atoms. The Morgan fingerprint density at radius 3 is 0.977 bits per heavy atom. The third-order valence-corrected chi connectivity index (χ3v) is 18.4. The van der Waals surface area contributed by atoms with E-state index in [1.165, 1.54) is 334 Å². The minimum atomic E-state index is -1.57. The van der Waals surface area contributed by atoms with Gasteiger partial charge in [-0.3, -0.25) is 4.79 Å². The molecular weight excluding hydrogens is 1070 g/mol. The summed E-state index contributed by atoms with van der Waals surface area (Å²) in [5.41, 5.74) is 0. The third-order valence-electron chi connectivity index (χ3n) is 18.4.